The molecule has 0 unspecified atom stereocenters. The lowest BCUT2D eigenvalue weighted by Crippen LogP contribution is -1.95. The van der Waals surface area contributed by atoms with Gasteiger partial charge in [-0.25, -0.2) is 4.79 Å². The lowest BCUT2D eigenvalue weighted by atomic mass is 10.1. The van der Waals surface area contributed by atoms with Crippen LogP contribution in [0.25, 0.3) is 6.08 Å². The molecule has 0 aliphatic heterocycles. The van der Waals surface area contributed by atoms with E-state index in [0.29, 0.717) is 5.56 Å². The normalized spacial score (nSPS) is 10.4. The summed E-state index contributed by atoms with van der Waals surface area (Å²) in [6, 6.07) is 4.79. The minimum absolute atomic E-state index is 0.0276. The van der Waals surface area contributed by atoms with Crippen molar-refractivity contribution in [1.29, 1.82) is 0 Å². The molecule has 0 amide bonds. The van der Waals surface area contributed by atoms with Crippen LogP contribution in [0.15, 0.2) is 24.3 Å². The standard InChI is InChI=1S/C11H11NO4/c1-8-3-4-9(5-6-11(13)16-2)10(7-8)12(14)15/h3-7H,1-2H3/b6-5+. The monoisotopic (exact) mass is 221 g/mol. The van der Waals surface area contributed by atoms with Gasteiger partial charge < -0.3 is 4.74 Å². The lowest BCUT2D eigenvalue weighted by Gasteiger charge is -1.98. The average Bonchev–Trinajstić information content (AvgIpc) is 2.26. The van der Waals surface area contributed by atoms with Gasteiger partial charge in [-0.1, -0.05) is 6.07 Å². The maximum Gasteiger partial charge on any atom is 0.330 e. The molecule has 0 fully saturated rings. The first-order valence-corrected chi connectivity index (χ1v) is 4.55. The van der Waals surface area contributed by atoms with Crippen LogP contribution in [0.2, 0.25) is 0 Å². The second-order valence-corrected chi connectivity index (χ2v) is 3.18. The molecule has 0 saturated carbocycles. The van der Waals surface area contributed by atoms with E-state index in [-0.39, 0.29) is 5.69 Å². The number of methoxy groups -OCH3 is 1. The van der Waals surface area contributed by atoms with Gasteiger partial charge in [0.1, 0.15) is 0 Å². The second kappa shape index (κ2) is 5.06. The van der Waals surface area contributed by atoms with Crippen molar-refractivity contribution in [3.05, 3.63) is 45.5 Å². The van der Waals surface area contributed by atoms with E-state index in [0.717, 1.165) is 11.6 Å². The first-order chi connectivity index (χ1) is 7.54. The maximum atomic E-state index is 10.9. The highest BCUT2D eigenvalue weighted by molar-refractivity contribution is 5.87. The minimum Gasteiger partial charge on any atom is -0.466 e. The number of esters is 1. The Labute approximate surface area is 92.5 Å². The average molecular weight is 221 g/mol. The van der Waals surface area contributed by atoms with Gasteiger partial charge in [-0.05, 0) is 24.6 Å². The minimum atomic E-state index is -0.546. The molecule has 0 saturated heterocycles. The fourth-order valence-corrected chi connectivity index (χ4v) is 1.18. The van der Waals surface area contributed by atoms with Gasteiger partial charge >= 0.3 is 5.97 Å². The van der Waals surface area contributed by atoms with Gasteiger partial charge in [0, 0.05) is 12.1 Å². The third kappa shape index (κ3) is 2.91. The molecule has 0 atom stereocenters. The number of aryl methyl sites for hydroxylation is 1. The quantitative estimate of drug-likeness (QED) is 0.339. The molecule has 0 spiro atoms. The molecule has 1 aromatic rings. The Kier molecular flexibility index (Phi) is 3.77. The highest BCUT2D eigenvalue weighted by Crippen LogP contribution is 2.21. The van der Waals surface area contributed by atoms with E-state index in [1.165, 1.54) is 19.3 Å². The van der Waals surface area contributed by atoms with E-state index < -0.39 is 10.9 Å². The molecule has 5 nitrogen and oxygen atoms in total. The molecule has 0 bridgehead atoms. The molecule has 1 aromatic carbocycles. The van der Waals surface area contributed by atoms with E-state index >= 15 is 0 Å². The molecule has 0 N–H and O–H groups in total. The number of nitro groups is 1. The van der Waals surface area contributed by atoms with Crippen molar-refractivity contribution in [2.24, 2.45) is 0 Å². The van der Waals surface area contributed by atoms with Crippen LogP contribution in [0, 0.1) is 17.0 Å². The number of nitrogens with zero attached hydrogens (tertiary/aromatic N) is 1. The highest BCUT2D eigenvalue weighted by Gasteiger charge is 2.11. The number of carbonyl (C=O) groups excluding carboxylic acids is 1. The zero-order valence-electron chi connectivity index (χ0n) is 8.97. The number of carbonyl (C=O) groups is 1. The van der Waals surface area contributed by atoms with Gasteiger partial charge in [0.2, 0.25) is 0 Å². The van der Waals surface area contributed by atoms with Gasteiger partial charge in [0.25, 0.3) is 5.69 Å². The summed E-state index contributed by atoms with van der Waals surface area (Å²) >= 11 is 0. The molecule has 16 heavy (non-hydrogen) atoms. The molecule has 0 heterocycles. The highest BCUT2D eigenvalue weighted by atomic mass is 16.6. The Bertz CT molecular complexity index is 451. The van der Waals surface area contributed by atoms with Crippen LogP contribution in [0.5, 0.6) is 0 Å². The summed E-state index contributed by atoms with van der Waals surface area (Å²) in [6.45, 7) is 1.76. The maximum absolute atomic E-state index is 10.9. The molecule has 0 aliphatic carbocycles. The second-order valence-electron chi connectivity index (χ2n) is 3.18. The first-order valence-electron chi connectivity index (χ1n) is 4.55. The third-order valence-corrected chi connectivity index (χ3v) is 1.98. The number of ether oxygens (including phenoxy) is 1. The Morgan fingerprint density at radius 2 is 2.19 bits per heavy atom. The molecule has 84 valence electrons. The van der Waals surface area contributed by atoms with Crippen molar-refractivity contribution in [3.8, 4) is 0 Å². The summed E-state index contributed by atoms with van der Waals surface area (Å²) in [6.07, 6.45) is 2.51. The van der Waals surface area contributed by atoms with Crippen molar-refractivity contribution in [2.45, 2.75) is 6.92 Å². The molecule has 0 aromatic heterocycles. The fraction of sp³-hybridized carbons (Fsp3) is 0.182. The Morgan fingerprint density at radius 3 is 2.75 bits per heavy atom. The van der Waals surface area contributed by atoms with Crippen LogP contribution < -0.4 is 0 Å². The summed E-state index contributed by atoms with van der Waals surface area (Å²) in [5.41, 5.74) is 1.14. The predicted molar refractivity (Wildman–Crippen MR) is 58.9 cm³/mol. The Hall–Kier alpha value is -2.17. The number of hydrogen-bond donors (Lipinski definition) is 0. The van der Waals surface area contributed by atoms with Gasteiger partial charge in [-0.3, -0.25) is 10.1 Å². The predicted octanol–water partition coefficient (Wildman–Crippen LogP) is 2.09. The first kappa shape index (κ1) is 11.9. The molecule has 0 radical (unpaired) electrons. The molecular formula is C11H11NO4. The molecule has 1 rings (SSSR count). The van der Waals surface area contributed by atoms with Crippen LogP contribution in [-0.4, -0.2) is 18.0 Å². The van der Waals surface area contributed by atoms with E-state index in [1.54, 1.807) is 19.1 Å². The van der Waals surface area contributed by atoms with Crippen LogP contribution in [0.1, 0.15) is 11.1 Å². The number of benzene rings is 1. The van der Waals surface area contributed by atoms with Crippen molar-refractivity contribution < 1.29 is 14.5 Å². The number of nitro benzene ring substituents is 1. The molecule has 0 aliphatic rings. The lowest BCUT2D eigenvalue weighted by molar-refractivity contribution is -0.385. The van der Waals surface area contributed by atoms with E-state index in [1.807, 2.05) is 0 Å². The summed E-state index contributed by atoms with van der Waals surface area (Å²) in [5, 5.41) is 10.7. The van der Waals surface area contributed by atoms with Crippen molar-refractivity contribution >= 4 is 17.7 Å². The number of rotatable bonds is 3. The topological polar surface area (TPSA) is 69.4 Å². The fourth-order valence-electron chi connectivity index (χ4n) is 1.18. The van der Waals surface area contributed by atoms with Crippen molar-refractivity contribution in [2.75, 3.05) is 7.11 Å². The summed E-state index contributed by atoms with van der Waals surface area (Å²) in [5.74, 6) is -0.546. The summed E-state index contributed by atoms with van der Waals surface area (Å²) < 4.78 is 4.40. The Morgan fingerprint density at radius 1 is 1.50 bits per heavy atom. The van der Waals surface area contributed by atoms with Crippen LogP contribution in [0.4, 0.5) is 5.69 Å². The van der Waals surface area contributed by atoms with Crippen molar-refractivity contribution in [1.82, 2.24) is 0 Å². The Balaban J connectivity index is 3.09. The van der Waals surface area contributed by atoms with E-state index in [9.17, 15) is 14.9 Å². The van der Waals surface area contributed by atoms with Crippen LogP contribution in [0.3, 0.4) is 0 Å². The third-order valence-electron chi connectivity index (χ3n) is 1.98. The summed E-state index contributed by atoms with van der Waals surface area (Å²) in [7, 11) is 1.25. The van der Waals surface area contributed by atoms with Gasteiger partial charge in [-0.2, -0.15) is 0 Å². The zero-order chi connectivity index (χ0) is 12.1. The van der Waals surface area contributed by atoms with Gasteiger partial charge in [-0.15, -0.1) is 0 Å². The summed E-state index contributed by atoms with van der Waals surface area (Å²) in [4.78, 5) is 21.1. The zero-order valence-corrected chi connectivity index (χ0v) is 8.97. The van der Waals surface area contributed by atoms with Gasteiger partial charge in [0.15, 0.2) is 0 Å². The largest absolute Gasteiger partial charge is 0.466 e. The molecular weight excluding hydrogens is 210 g/mol. The van der Waals surface area contributed by atoms with E-state index in [4.69, 9.17) is 0 Å². The van der Waals surface area contributed by atoms with Crippen molar-refractivity contribution in [3.63, 3.8) is 0 Å². The SMILES string of the molecule is COC(=O)/C=C/c1ccc(C)cc1[N+](=O)[O-]. The number of hydrogen-bond acceptors (Lipinski definition) is 4. The molecule has 5 heteroatoms. The van der Waals surface area contributed by atoms with Crippen LogP contribution >= 0.6 is 0 Å². The van der Waals surface area contributed by atoms with Crippen LogP contribution in [-0.2, 0) is 9.53 Å². The smallest absolute Gasteiger partial charge is 0.330 e. The van der Waals surface area contributed by atoms with Gasteiger partial charge in [0.05, 0.1) is 17.6 Å². The van der Waals surface area contributed by atoms with E-state index in [2.05, 4.69) is 4.74 Å².